The van der Waals surface area contributed by atoms with E-state index in [1.165, 1.54) is 19.1 Å². The third-order valence-corrected chi connectivity index (χ3v) is 7.08. The number of carbonyl (C=O) groups excluding carboxylic acids is 1. The average molecular weight is 497 g/mol. The number of amides is 1. The molecule has 0 saturated heterocycles. The number of rotatable bonds is 4. The molecule has 0 bridgehead atoms. The summed E-state index contributed by atoms with van der Waals surface area (Å²) in [4.78, 5) is 12.8. The number of anilines is 1. The molecule has 0 aromatic heterocycles. The van der Waals surface area contributed by atoms with Gasteiger partial charge in [-0.15, -0.1) is 4.40 Å². The highest BCUT2D eigenvalue weighted by Gasteiger charge is 2.43. The molecule has 1 aliphatic carbocycles. The van der Waals surface area contributed by atoms with Crippen LogP contribution in [0.3, 0.4) is 0 Å². The van der Waals surface area contributed by atoms with Gasteiger partial charge in [-0.1, -0.05) is 6.07 Å². The number of hydrogen-bond donors (Lipinski definition) is 1. The summed E-state index contributed by atoms with van der Waals surface area (Å²) in [6.07, 6.45) is -8.08. The Kier molecular flexibility index (Phi) is 6.83. The molecule has 2 aliphatic rings. The lowest BCUT2D eigenvalue weighted by Crippen LogP contribution is -2.40. The highest BCUT2D eigenvalue weighted by atomic mass is 32.2. The van der Waals surface area contributed by atoms with Crippen molar-refractivity contribution in [3.05, 3.63) is 41.6 Å². The molecule has 0 spiro atoms. The molecule has 182 valence electrons. The van der Waals surface area contributed by atoms with Crippen LogP contribution in [0.2, 0.25) is 0 Å². The molecule has 1 aromatic carbocycles. The number of nitrogens with one attached hydrogen (secondary N) is 1. The molecule has 33 heavy (non-hydrogen) atoms. The van der Waals surface area contributed by atoms with Crippen LogP contribution in [-0.4, -0.2) is 37.1 Å². The fraction of sp³-hybridized carbons (Fsp3) is 0.500. The van der Waals surface area contributed by atoms with Crippen LogP contribution in [0.25, 0.3) is 0 Å². The van der Waals surface area contributed by atoms with Gasteiger partial charge in [0.1, 0.15) is 5.70 Å². The van der Waals surface area contributed by atoms with Crippen LogP contribution >= 0.6 is 0 Å². The molecule has 0 atom stereocenters. The number of allylic oxidation sites excluding steroid dienone is 1. The van der Waals surface area contributed by atoms with Crippen LogP contribution in [0.15, 0.2) is 40.4 Å². The predicted molar refractivity (Wildman–Crippen MR) is 108 cm³/mol. The van der Waals surface area contributed by atoms with Gasteiger partial charge in [-0.05, 0) is 56.9 Å². The van der Waals surface area contributed by atoms with Gasteiger partial charge in [0.25, 0.3) is 5.91 Å². The molecular weight excluding hydrogens is 476 g/mol. The van der Waals surface area contributed by atoms with Crippen LogP contribution < -0.4 is 5.32 Å². The first-order chi connectivity index (χ1) is 15.2. The van der Waals surface area contributed by atoms with Crippen molar-refractivity contribution in [2.75, 3.05) is 11.9 Å². The van der Waals surface area contributed by atoms with E-state index in [-0.39, 0.29) is 49.3 Å². The van der Waals surface area contributed by atoms with Crippen molar-refractivity contribution in [1.82, 2.24) is 4.31 Å². The SMILES string of the molecule is CCN1C(C(=O)Nc2cccc(C(F)(F)F)c2)=CC(C2CCC(C(F)(F)F)CC2)=NS1(=O)=O. The molecule has 0 radical (unpaired) electrons. The summed E-state index contributed by atoms with van der Waals surface area (Å²) < 4.78 is 107. The minimum Gasteiger partial charge on any atom is -0.321 e. The fourth-order valence-corrected chi connectivity index (χ4v) is 5.21. The summed E-state index contributed by atoms with van der Waals surface area (Å²) >= 11 is 0. The monoisotopic (exact) mass is 497 g/mol. The van der Waals surface area contributed by atoms with Gasteiger partial charge in [0, 0.05) is 18.2 Å². The Labute approximate surface area is 186 Å². The molecule has 1 fully saturated rings. The topological polar surface area (TPSA) is 78.8 Å². The summed E-state index contributed by atoms with van der Waals surface area (Å²) in [5.41, 5.74) is -1.59. The van der Waals surface area contributed by atoms with Crippen LogP contribution in [-0.2, 0) is 21.2 Å². The Hall–Kier alpha value is -2.57. The second kappa shape index (κ2) is 8.99. The molecule has 1 amide bonds. The summed E-state index contributed by atoms with van der Waals surface area (Å²) in [6.45, 7) is 1.26. The van der Waals surface area contributed by atoms with Gasteiger partial charge in [0.15, 0.2) is 0 Å². The van der Waals surface area contributed by atoms with Gasteiger partial charge in [0.2, 0.25) is 0 Å². The highest BCUT2D eigenvalue weighted by Crippen LogP contribution is 2.41. The zero-order chi connectivity index (χ0) is 24.6. The maximum absolute atomic E-state index is 12.9. The van der Waals surface area contributed by atoms with E-state index in [0.717, 1.165) is 12.1 Å². The molecule has 0 unspecified atom stereocenters. The summed E-state index contributed by atoms with van der Waals surface area (Å²) in [6, 6.07) is 3.84. The predicted octanol–water partition coefficient (Wildman–Crippen LogP) is 4.92. The zero-order valence-corrected chi connectivity index (χ0v) is 18.2. The molecule has 3 rings (SSSR count). The maximum Gasteiger partial charge on any atom is 0.416 e. The number of nitrogens with zero attached hydrogens (tertiary/aromatic N) is 2. The van der Waals surface area contributed by atoms with Gasteiger partial charge in [-0.2, -0.15) is 34.8 Å². The van der Waals surface area contributed by atoms with E-state index in [9.17, 15) is 39.6 Å². The number of carbonyl (C=O) groups is 1. The maximum atomic E-state index is 12.9. The van der Waals surface area contributed by atoms with E-state index in [1.807, 2.05) is 0 Å². The van der Waals surface area contributed by atoms with Crippen molar-refractivity contribution in [2.24, 2.45) is 16.2 Å². The van der Waals surface area contributed by atoms with Crippen LogP contribution in [0.5, 0.6) is 0 Å². The zero-order valence-electron chi connectivity index (χ0n) is 17.4. The number of halogens is 6. The van der Waals surface area contributed by atoms with Crippen molar-refractivity contribution in [2.45, 2.75) is 45.0 Å². The Balaban J connectivity index is 1.86. The van der Waals surface area contributed by atoms with Gasteiger partial charge in [-0.25, -0.2) is 4.31 Å². The molecule has 1 aliphatic heterocycles. The minimum absolute atomic E-state index is 0.0329. The lowest BCUT2D eigenvalue weighted by molar-refractivity contribution is -0.182. The molecule has 6 nitrogen and oxygen atoms in total. The Bertz CT molecular complexity index is 1070. The van der Waals surface area contributed by atoms with Crippen LogP contribution in [0.4, 0.5) is 32.0 Å². The second-order valence-electron chi connectivity index (χ2n) is 7.81. The number of likely N-dealkylation sites (N-methyl/N-ethyl adjacent to an activating group) is 1. The molecule has 1 N–H and O–H groups in total. The van der Waals surface area contributed by atoms with Crippen LogP contribution in [0.1, 0.15) is 38.2 Å². The highest BCUT2D eigenvalue weighted by molar-refractivity contribution is 7.88. The number of alkyl halides is 6. The van der Waals surface area contributed by atoms with E-state index in [2.05, 4.69) is 9.71 Å². The average Bonchev–Trinajstić information content (AvgIpc) is 2.71. The third kappa shape index (κ3) is 5.68. The Morgan fingerprint density at radius 3 is 2.30 bits per heavy atom. The molecule has 1 heterocycles. The quantitative estimate of drug-likeness (QED) is 0.600. The van der Waals surface area contributed by atoms with Crippen molar-refractivity contribution in [3.63, 3.8) is 0 Å². The summed E-state index contributed by atoms with van der Waals surface area (Å²) in [5, 5.41) is 2.26. The molecule has 1 aromatic rings. The van der Waals surface area contributed by atoms with Gasteiger partial charge >= 0.3 is 22.6 Å². The first-order valence-electron chi connectivity index (χ1n) is 10.1. The van der Waals surface area contributed by atoms with Crippen molar-refractivity contribution < 1.29 is 39.6 Å². The molecular formula is C20H21F6N3O3S. The van der Waals surface area contributed by atoms with E-state index in [0.29, 0.717) is 10.4 Å². The third-order valence-electron chi connectivity index (χ3n) is 5.63. The Morgan fingerprint density at radius 2 is 1.76 bits per heavy atom. The van der Waals surface area contributed by atoms with Gasteiger partial charge in [-0.3, -0.25) is 4.79 Å². The first-order valence-corrected chi connectivity index (χ1v) is 11.5. The molecule has 13 heteroatoms. The molecule has 1 saturated carbocycles. The van der Waals surface area contributed by atoms with Gasteiger partial charge in [0.05, 0.1) is 17.2 Å². The smallest absolute Gasteiger partial charge is 0.321 e. The van der Waals surface area contributed by atoms with Gasteiger partial charge < -0.3 is 5.32 Å². The van der Waals surface area contributed by atoms with E-state index >= 15 is 0 Å². The van der Waals surface area contributed by atoms with E-state index in [4.69, 9.17) is 0 Å². The lowest BCUT2D eigenvalue weighted by atomic mass is 9.79. The standard InChI is InChI=1S/C20H21F6N3O3S/c1-2-29-17(18(30)27-15-5-3-4-14(10-15)20(24,25)26)11-16(28-33(29,31)32)12-6-8-13(9-7-12)19(21,22)23/h3-5,10-13H,2,6-9H2,1H3,(H,27,30). The normalized spacial score (nSPS) is 23.5. The first kappa shape index (κ1) is 25.1. The van der Waals surface area contributed by atoms with E-state index < -0.39 is 45.9 Å². The number of hydrogen-bond acceptors (Lipinski definition) is 3. The van der Waals surface area contributed by atoms with Crippen LogP contribution in [0, 0.1) is 11.8 Å². The lowest BCUT2D eigenvalue weighted by Gasteiger charge is -2.32. The largest absolute Gasteiger partial charge is 0.416 e. The number of benzene rings is 1. The van der Waals surface area contributed by atoms with E-state index in [1.54, 1.807) is 0 Å². The summed E-state index contributed by atoms with van der Waals surface area (Å²) in [7, 11) is -4.34. The minimum atomic E-state index is -4.64. The summed E-state index contributed by atoms with van der Waals surface area (Å²) in [5.74, 6) is -3.04. The second-order valence-corrected chi connectivity index (χ2v) is 9.33. The van der Waals surface area contributed by atoms with Crippen molar-refractivity contribution >= 4 is 27.5 Å². The van der Waals surface area contributed by atoms with Crippen molar-refractivity contribution in [3.8, 4) is 0 Å². The Morgan fingerprint density at radius 1 is 1.12 bits per heavy atom. The fourth-order valence-electron chi connectivity index (χ4n) is 3.93. The van der Waals surface area contributed by atoms with Crippen molar-refractivity contribution in [1.29, 1.82) is 0 Å².